The molecule has 2 N–H and O–H groups in total. The van der Waals surface area contributed by atoms with Crippen LogP contribution in [0.4, 0.5) is 0 Å². The van der Waals surface area contributed by atoms with Gasteiger partial charge < -0.3 is 14.8 Å². The van der Waals surface area contributed by atoms with Gasteiger partial charge in [0.2, 0.25) is 0 Å². The van der Waals surface area contributed by atoms with E-state index in [1.165, 1.54) is 4.73 Å². The fourth-order valence-corrected chi connectivity index (χ4v) is 0.805. The minimum Gasteiger partial charge on any atom is -0.420 e. The summed E-state index contributed by atoms with van der Waals surface area (Å²) in [5.41, 5.74) is 0.767. The van der Waals surface area contributed by atoms with E-state index in [0.717, 1.165) is 5.69 Å². The maximum atomic E-state index is 8.42. The van der Waals surface area contributed by atoms with Gasteiger partial charge in [-0.2, -0.15) is 4.73 Å². The van der Waals surface area contributed by atoms with Crippen LogP contribution in [0.1, 0.15) is 11.5 Å². The fraction of sp³-hybridized carbons (Fsp3) is 0.400. The van der Waals surface area contributed by atoms with E-state index in [1.807, 2.05) is 0 Å². The van der Waals surface area contributed by atoms with Gasteiger partial charge in [-0.3, -0.25) is 0 Å². The molecular weight excluding hydrogens is 147 g/mol. The molecule has 0 saturated heterocycles. The molecule has 1 rings (SSSR count). The number of imidazole rings is 1. The first-order chi connectivity index (χ1) is 5.09. The lowest BCUT2D eigenvalue weighted by atomic mass is 10.3. The summed E-state index contributed by atoms with van der Waals surface area (Å²) < 4.78 is 5.74. The summed E-state index contributed by atoms with van der Waals surface area (Å²) in [5, 5.41) is 16.8. The minimum atomic E-state index is -1.80. The van der Waals surface area contributed by atoms with Gasteiger partial charge in [0.15, 0.2) is 0 Å². The van der Waals surface area contributed by atoms with Crippen LogP contribution in [-0.4, -0.2) is 27.1 Å². The van der Waals surface area contributed by atoms with E-state index in [0.29, 0.717) is 5.82 Å². The Morgan fingerprint density at radius 2 is 2.18 bits per heavy atom. The Hall–Kier alpha value is -1.01. The predicted octanol–water partition coefficient (Wildman–Crippen LogP) is -1.10. The summed E-state index contributed by atoms with van der Waals surface area (Å²) >= 11 is 0. The Morgan fingerprint density at radius 3 is 2.55 bits per heavy atom. The van der Waals surface area contributed by atoms with Crippen molar-refractivity contribution < 1.29 is 14.8 Å². The normalized spacial score (nSPS) is 9.82. The van der Waals surface area contributed by atoms with E-state index < -0.39 is 7.32 Å². The Kier molecular flexibility index (Phi) is 2.16. The highest BCUT2D eigenvalue weighted by Gasteiger charge is 2.13. The Balaban J connectivity index is 2.77. The van der Waals surface area contributed by atoms with Gasteiger partial charge in [0.1, 0.15) is 5.82 Å². The average Bonchev–Trinajstić information content (AvgIpc) is 2.09. The summed E-state index contributed by atoms with van der Waals surface area (Å²) in [6, 6.07) is 0. The third-order valence-electron chi connectivity index (χ3n) is 1.17. The SMILES string of the molecule is Cc1cn(OB(O)O)c(C)n1. The van der Waals surface area contributed by atoms with Gasteiger partial charge in [-0.15, -0.1) is 0 Å². The van der Waals surface area contributed by atoms with E-state index >= 15 is 0 Å². The zero-order valence-electron chi connectivity index (χ0n) is 6.35. The highest BCUT2D eigenvalue weighted by Crippen LogP contribution is 1.97. The zero-order chi connectivity index (χ0) is 8.43. The maximum absolute atomic E-state index is 8.42. The van der Waals surface area contributed by atoms with Crippen molar-refractivity contribution in [1.29, 1.82) is 0 Å². The van der Waals surface area contributed by atoms with Crippen molar-refractivity contribution in [2.45, 2.75) is 13.8 Å². The molecule has 1 aromatic rings. The first kappa shape index (κ1) is 8.09. The van der Waals surface area contributed by atoms with Crippen molar-refractivity contribution in [2.24, 2.45) is 0 Å². The van der Waals surface area contributed by atoms with Crippen molar-refractivity contribution >= 4 is 7.32 Å². The first-order valence-corrected chi connectivity index (χ1v) is 3.15. The molecule has 0 aromatic carbocycles. The summed E-state index contributed by atoms with van der Waals surface area (Å²) in [7, 11) is -1.80. The number of nitrogens with zero attached hydrogens (tertiary/aromatic N) is 2. The number of hydrogen-bond donors (Lipinski definition) is 2. The van der Waals surface area contributed by atoms with Gasteiger partial charge in [0.05, 0.1) is 11.9 Å². The largest absolute Gasteiger partial charge is 0.728 e. The smallest absolute Gasteiger partial charge is 0.420 e. The van der Waals surface area contributed by atoms with Crippen molar-refractivity contribution in [3.63, 3.8) is 0 Å². The van der Waals surface area contributed by atoms with Crippen LogP contribution >= 0.6 is 0 Å². The molecule has 60 valence electrons. The van der Waals surface area contributed by atoms with Crippen LogP contribution in [0, 0.1) is 13.8 Å². The Bertz CT molecular complexity index is 248. The minimum absolute atomic E-state index is 0.579. The van der Waals surface area contributed by atoms with E-state index in [1.54, 1.807) is 20.0 Å². The number of aromatic nitrogens is 2. The zero-order valence-corrected chi connectivity index (χ0v) is 6.35. The van der Waals surface area contributed by atoms with Crippen molar-refractivity contribution in [3.05, 3.63) is 17.7 Å². The second-order valence-electron chi connectivity index (χ2n) is 2.19. The lowest BCUT2D eigenvalue weighted by Crippen LogP contribution is -2.29. The summed E-state index contributed by atoms with van der Waals surface area (Å²) in [4.78, 5) is 3.98. The maximum Gasteiger partial charge on any atom is 0.728 e. The molecule has 0 radical (unpaired) electrons. The van der Waals surface area contributed by atoms with E-state index in [9.17, 15) is 0 Å². The lowest BCUT2D eigenvalue weighted by Gasteiger charge is -2.04. The van der Waals surface area contributed by atoms with Gasteiger partial charge in [-0.25, -0.2) is 4.98 Å². The highest BCUT2D eigenvalue weighted by molar-refractivity contribution is 6.32. The van der Waals surface area contributed by atoms with E-state index in [4.69, 9.17) is 10.0 Å². The Labute approximate surface area is 64.4 Å². The van der Waals surface area contributed by atoms with Gasteiger partial charge >= 0.3 is 7.32 Å². The molecule has 0 unspecified atom stereocenters. The Morgan fingerprint density at radius 1 is 1.55 bits per heavy atom. The second kappa shape index (κ2) is 2.94. The van der Waals surface area contributed by atoms with Crippen LogP contribution in [0.25, 0.3) is 0 Å². The summed E-state index contributed by atoms with van der Waals surface area (Å²) in [6.07, 6.45) is 1.56. The van der Waals surface area contributed by atoms with E-state index in [2.05, 4.69) is 9.74 Å². The van der Waals surface area contributed by atoms with Gasteiger partial charge in [0, 0.05) is 0 Å². The molecule has 1 aromatic heterocycles. The fourth-order valence-electron chi connectivity index (χ4n) is 0.805. The van der Waals surface area contributed by atoms with Crippen LogP contribution < -0.4 is 4.76 Å². The number of aryl methyl sites for hydroxylation is 2. The van der Waals surface area contributed by atoms with Gasteiger partial charge in [-0.05, 0) is 13.8 Å². The molecule has 0 aliphatic carbocycles. The first-order valence-electron chi connectivity index (χ1n) is 3.15. The van der Waals surface area contributed by atoms with Gasteiger partial charge in [0.25, 0.3) is 0 Å². The molecule has 1 heterocycles. The molecule has 0 aliphatic heterocycles. The van der Waals surface area contributed by atoms with Crippen molar-refractivity contribution in [2.75, 3.05) is 0 Å². The molecular formula is C5H9BN2O3. The molecule has 0 amide bonds. The molecule has 0 spiro atoms. The monoisotopic (exact) mass is 156 g/mol. The molecule has 0 fully saturated rings. The summed E-state index contributed by atoms with van der Waals surface area (Å²) in [6.45, 7) is 3.49. The lowest BCUT2D eigenvalue weighted by molar-refractivity contribution is 0.160. The van der Waals surface area contributed by atoms with E-state index in [-0.39, 0.29) is 0 Å². The van der Waals surface area contributed by atoms with Gasteiger partial charge in [-0.1, -0.05) is 0 Å². The standard InChI is InChI=1S/C5H9BN2O3/c1-4-3-8(5(2)7-4)11-6(9)10/h3,9-10H,1-2H3. The van der Waals surface area contributed by atoms with Crippen LogP contribution in [0.3, 0.4) is 0 Å². The topological polar surface area (TPSA) is 67.5 Å². The molecule has 0 bridgehead atoms. The molecule has 6 heteroatoms. The van der Waals surface area contributed by atoms with Crippen LogP contribution in [-0.2, 0) is 0 Å². The third-order valence-corrected chi connectivity index (χ3v) is 1.17. The van der Waals surface area contributed by atoms with Crippen molar-refractivity contribution in [1.82, 2.24) is 9.71 Å². The quantitative estimate of drug-likeness (QED) is 0.533. The van der Waals surface area contributed by atoms with Crippen LogP contribution in [0.2, 0.25) is 0 Å². The molecule has 11 heavy (non-hydrogen) atoms. The van der Waals surface area contributed by atoms with Crippen LogP contribution in [0.15, 0.2) is 6.20 Å². The van der Waals surface area contributed by atoms with Crippen molar-refractivity contribution in [3.8, 4) is 0 Å². The predicted molar refractivity (Wildman–Crippen MR) is 38.5 cm³/mol. The number of rotatable bonds is 2. The summed E-state index contributed by atoms with van der Waals surface area (Å²) in [5.74, 6) is 0.579. The molecule has 5 nitrogen and oxygen atoms in total. The second-order valence-corrected chi connectivity index (χ2v) is 2.19. The third kappa shape index (κ3) is 1.96. The highest BCUT2D eigenvalue weighted by atomic mass is 16.7. The average molecular weight is 156 g/mol. The molecule has 0 atom stereocenters. The van der Waals surface area contributed by atoms with Crippen LogP contribution in [0.5, 0.6) is 0 Å². The number of hydrogen-bond acceptors (Lipinski definition) is 4. The molecule has 0 aliphatic rings. The molecule has 0 saturated carbocycles.